The first-order valence-electron chi connectivity index (χ1n) is 6.61. The number of rotatable bonds is 3. The Morgan fingerprint density at radius 3 is 2.62 bits per heavy atom. The topological polar surface area (TPSA) is 62.3 Å². The Morgan fingerprint density at radius 2 is 1.90 bits per heavy atom. The summed E-state index contributed by atoms with van der Waals surface area (Å²) in [6.07, 6.45) is 1.89. The highest BCUT2D eigenvalue weighted by Crippen LogP contribution is 2.37. The minimum absolute atomic E-state index is 0.316. The number of aromatic nitrogens is 1. The third-order valence-corrected chi connectivity index (χ3v) is 3.74. The number of carboxylic acid groups (broad SMARTS) is 1. The molecule has 4 nitrogen and oxygen atoms in total. The summed E-state index contributed by atoms with van der Waals surface area (Å²) in [5.74, 6) is -0.148. The van der Waals surface area contributed by atoms with E-state index in [-0.39, 0.29) is 0 Å². The fourth-order valence-electron chi connectivity index (χ4n) is 2.69. The minimum Gasteiger partial charge on any atom is -0.496 e. The molecule has 0 unspecified atom stereocenters. The number of carbonyl (C=O) groups is 1. The molecule has 0 atom stereocenters. The number of benzene rings is 2. The van der Waals surface area contributed by atoms with Gasteiger partial charge in [0, 0.05) is 22.7 Å². The lowest BCUT2D eigenvalue weighted by atomic mass is 9.96. The summed E-state index contributed by atoms with van der Waals surface area (Å²) < 4.78 is 5.43. The van der Waals surface area contributed by atoms with Gasteiger partial charge in [0.2, 0.25) is 0 Å². The van der Waals surface area contributed by atoms with Crippen LogP contribution < -0.4 is 4.74 Å². The maximum absolute atomic E-state index is 11.3. The molecule has 0 saturated heterocycles. The van der Waals surface area contributed by atoms with Gasteiger partial charge >= 0.3 is 5.97 Å². The number of aromatic amines is 1. The van der Waals surface area contributed by atoms with Crippen molar-refractivity contribution < 1.29 is 14.6 Å². The van der Waals surface area contributed by atoms with Gasteiger partial charge in [0.1, 0.15) is 5.75 Å². The molecule has 1 aromatic heterocycles. The second kappa shape index (κ2) is 4.98. The summed E-state index contributed by atoms with van der Waals surface area (Å²) >= 11 is 0. The number of ether oxygens (including phenoxy) is 1. The zero-order valence-electron chi connectivity index (χ0n) is 11.8. The first-order chi connectivity index (χ1) is 10.1. The quantitative estimate of drug-likeness (QED) is 0.766. The van der Waals surface area contributed by atoms with Gasteiger partial charge < -0.3 is 14.8 Å². The van der Waals surface area contributed by atoms with E-state index in [9.17, 15) is 9.90 Å². The van der Waals surface area contributed by atoms with Gasteiger partial charge in [0.05, 0.1) is 12.7 Å². The van der Waals surface area contributed by atoms with Crippen molar-refractivity contribution in [1.29, 1.82) is 0 Å². The first-order valence-corrected chi connectivity index (χ1v) is 6.61. The third-order valence-electron chi connectivity index (χ3n) is 3.74. The van der Waals surface area contributed by atoms with Crippen molar-refractivity contribution in [3.05, 3.63) is 53.7 Å². The van der Waals surface area contributed by atoms with Crippen molar-refractivity contribution in [2.45, 2.75) is 6.92 Å². The van der Waals surface area contributed by atoms with E-state index in [1.54, 1.807) is 19.2 Å². The number of aromatic carboxylic acids is 1. The molecule has 2 aromatic carbocycles. The Bertz CT molecular complexity index is 833. The summed E-state index contributed by atoms with van der Waals surface area (Å²) in [5, 5.41) is 10.2. The lowest BCUT2D eigenvalue weighted by molar-refractivity contribution is 0.0696. The second-order valence-electron chi connectivity index (χ2n) is 4.87. The smallest absolute Gasteiger partial charge is 0.335 e. The van der Waals surface area contributed by atoms with Crippen LogP contribution in [0.2, 0.25) is 0 Å². The number of hydrogen-bond donors (Lipinski definition) is 2. The number of methoxy groups -OCH3 is 1. The van der Waals surface area contributed by atoms with Crippen LogP contribution in [0.1, 0.15) is 15.9 Å². The first kappa shape index (κ1) is 13.2. The molecule has 0 fully saturated rings. The van der Waals surface area contributed by atoms with Crippen molar-refractivity contribution >= 4 is 16.9 Å². The standard InChI is InChI=1S/C17H15NO3/c1-10-11(5-3-6-12(10)17(19)20)13-9-18-14-7-4-8-15(21-2)16(13)14/h3-9,18H,1-2H3,(H,19,20). The van der Waals surface area contributed by atoms with Crippen molar-refractivity contribution in [3.63, 3.8) is 0 Å². The van der Waals surface area contributed by atoms with Gasteiger partial charge in [-0.05, 0) is 36.2 Å². The molecular weight excluding hydrogens is 266 g/mol. The molecule has 21 heavy (non-hydrogen) atoms. The van der Waals surface area contributed by atoms with E-state index in [2.05, 4.69) is 4.98 Å². The summed E-state index contributed by atoms with van der Waals surface area (Å²) in [5.41, 5.74) is 3.87. The molecule has 2 N–H and O–H groups in total. The maximum atomic E-state index is 11.3. The molecular formula is C17H15NO3. The van der Waals surface area contributed by atoms with E-state index in [4.69, 9.17) is 4.74 Å². The van der Waals surface area contributed by atoms with Crippen LogP contribution >= 0.6 is 0 Å². The molecule has 106 valence electrons. The van der Waals surface area contributed by atoms with Gasteiger partial charge in [-0.1, -0.05) is 18.2 Å². The van der Waals surface area contributed by atoms with Crippen LogP contribution in [-0.2, 0) is 0 Å². The van der Waals surface area contributed by atoms with Crippen LogP contribution in [0.15, 0.2) is 42.6 Å². The van der Waals surface area contributed by atoms with E-state index in [1.165, 1.54) is 0 Å². The fourth-order valence-corrected chi connectivity index (χ4v) is 2.69. The van der Waals surface area contributed by atoms with Crippen LogP contribution in [0, 0.1) is 6.92 Å². The zero-order valence-corrected chi connectivity index (χ0v) is 11.8. The lowest BCUT2D eigenvalue weighted by Crippen LogP contribution is -2.00. The molecule has 0 aliphatic rings. The van der Waals surface area contributed by atoms with E-state index < -0.39 is 5.97 Å². The van der Waals surface area contributed by atoms with Gasteiger partial charge in [-0.15, -0.1) is 0 Å². The second-order valence-corrected chi connectivity index (χ2v) is 4.87. The van der Waals surface area contributed by atoms with Crippen LogP contribution in [-0.4, -0.2) is 23.2 Å². The van der Waals surface area contributed by atoms with E-state index in [1.807, 2.05) is 37.4 Å². The lowest BCUT2D eigenvalue weighted by Gasteiger charge is -2.09. The van der Waals surface area contributed by atoms with Crippen molar-refractivity contribution in [3.8, 4) is 16.9 Å². The van der Waals surface area contributed by atoms with E-state index in [0.29, 0.717) is 5.56 Å². The highest BCUT2D eigenvalue weighted by Gasteiger charge is 2.16. The molecule has 0 aliphatic carbocycles. The molecule has 1 heterocycles. The Kier molecular flexibility index (Phi) is 3.14. The predicted octanol–water partition coefficient (Wildman–Crippen LogP) is 3.85. The highest BCUT2D eigenvalue weighted by atomic mass is 16.5. The van der Waals surface area contributed by atoms with Gasteiger partial charge in [-0.2, -0.15) is 0 Å². The summed E-state index contributed by atoms with van der Waals surface area (Å²) in [7, 11) is 1.63. The SMILES string of the molecule is COc1cccc2[nH]cc(-c3cccc(C(=O)O)c3C)c12. The Morgan fingerprint density at radius 1 is 1.14 bits per heavy atom. The molecule has 4 heteroatoms. The zero-order chi connectivity index (χ0) is 15.0. The Balaban J connectivity index is 2.31. The highest BCUT2D eigenvalue weighted by molar-refractivity contribution is 6.02. The molecule has 0 amide bonds. The average Bonchev–Trinajstić information content (AvgIpc) is 2.91. The number of nitrogens with one attached hydrogen (secondary N) is 1. The number of hydrogen-bond acceptors (Lipinski definition) is 2. The largest absolute Gasteiger partial charge is 0.496 e. The van der Waals surface area contributed by atoms with Gasteiger partial charge in [0.15, 0.2) is 0 Å². The van der Waals surface area contributed by atoms with Crippen molar-refractivity contribution in [2.75, 3.05) is 7.11 Å². The van der Waals surface area contributed by atoms with Crippen molar-refractivity contribution in [2.24, 2.45) is 0 Å². The number of carboxylic acids is 1. The molecule has 0 spiro atoms. The molecule has 3 rings (SSSR count). The molecule has 3 aromatic rings. The Hall–Kier alpha value is -2.75. The van der Waals surface area contributed by atoms with Gasteiger partial charge in [-0.25, -0.2) is 4.79 Å². The van der Waals surface area contributed by atoms with Crippen molar-refractivity contribution in [1.82, 2.24) is 4.98 Å². The van der Waals surface area contributed by atoms with E-state index >= 15 is 0 Å². The maximum Gasteiger partial charge on any atom is 0.335 e. The Labute approximate surface area is 122 Å². The monoisotopic (exact) mass is 281 g/mol. The number of fused-ring (bicyclic) bond motifs is 1. The molecule has 0 radical (unpaired) electrons. The summed E-state index contributed by atoms with van der Waals surface area (Å²) in [6, 6.07) is 11.1. The average molecular weight is 281 g/mol. The van der Waals surface area contributed by atoms with Crippen LogP contribution in [0.25, 0.3) is 22.0 Å². The number of H-pyrrole nitrogens is 1. The molecule has 0 saturated carbocycles. The third kappa shape index (κ3) is 2.05. The summed E-state index contributed by atoms with van der Waals surface area (Å²) in [6.45, 7) is 1.83. The fraction of sp³-hybridized carbons (Fsp3) is 0.118. The molecule has 0 bridgehead atoms. The summed E-state index contributed by atoms with van der Waals surface area (Å²) in [4.78, 5) is 14.5. The van der Waals surface area contributed by atoms with Gasteiger partial charge in [0.25, 0.3) is 0 Å². The van der Waals surface area contributed by atoms with E-state index in [0.717, 1.165) is 33.3 Å². The van der Waals surface area contributed by atoms with Crippen LogP contribution in [0.4, 0.5) is 0 Å². The predicted molar refractivity (Wildman–Crippen MR) is 82.0 cm³/mol. The van der Waals surface area contributed by atoms with Gasteiger partial charge in [-0.3, -0.25) is 0 Å². The molecule has 0 aliphatic heterocycles. The minimum atomic E-state index is -0.916. The normalized spacial score (nSPS) is 10.8. The van der Waals surface area contributed by atoms with Crippen LogP contribution in [0.5, 0.6) is 5.75 Å². The van der Waals surface area contributed by atoms with Crippen LogP contribution in [0.3, 0.4) is 0 Å².